The van der Waals surface area contributed by atoms with Crippen molar-refractivity contribution in [3.05, 3.63) is 58.1 Å². The first kappa shape index (κ1) is 13.3. The quantitative estimate of drug-likeness (QED) is 0.853. The molecule has 0 aliphatic rings. The molecule has 0 bridgehead atoms. The van der Waals surface area contributed by atoms with Crippen molar-refractivity contribution in [3.8, 4) is 5.75 Å². The number of halogens is 1. The van der Waals surface area contributed by atoms with Crippen LogP contribution in [0.15, 0.2) is 51.9 Å². The van der Waals surface area contributed by atoms with E-state index in [-0.39, 0.29) is 5.75 Å². The van der Waals surface area contributed by atoms with Gasteiger partial charge in [-0.3, -0.25) is 9.79 Å². The van der Waals surface area contributed by atoms with Crippen LogP contribution in [0.25, 0.3) is 0 Å². The third-order valence-electron chi connectivity index (χ3n) is 2.47. The van der Waals surface area contributed by atoms with Gasteiger partial charge in [0.2, 0.25) is 5.91 Å². The number of phenolic OH excluding ortho intramolecular Hbond substituents is 1. The second-order valence-corrected chi connectivity index (χ2v) is 4.79. The number of hydrogen-bond acceptors (Lipinski definition) is 3. The van der Waals surface area contributed by atoms with Crippen molar-refractivity contribution in [1.82, 2.24) is 0 Å². The van der Waals surface area contributed by atoms with Crippen LogP contribution in [-0.4, -0.2) is 17.2 Å². The summed E-state index contributed by atoms with van der Waals surface area (Å²) in [5, 5.41) is 9.67. The number of hydrogen-bond donors (Lipinski definition) is 2. The highest BCUT2D eigenvalue weighted by molar-refractivity contribution is 9.10. The third-order valence-corrected chi connectivity index (χ3v) is 2.97. The first-order valence-corrected chi connectivity index (χ1v) is 6.28. The highest BCUT2D eigenvalue weighted by atomic mass is 79.9. The molecule has 0 aliphatic heterocycles. The zero-order valence-electron chi connectivity index (χ0n) is 9.88. The van der Waals surface area contributed by atoms with Gasteiger partial charge in [-0.2, -0.15) is 0 Å². The summed E-state index contributed by atoms with van der Waals surface area (Å²) in [6, 6.07) is 11.7. The average molecular weight is 319 g/mol. The lowest BCUT2D eigenvalue weighted by atomic mass is 10.2. The molecule has 2 rings (SSSR count). The molecule has 0 spiro atoms. The van der Waals surface area contributed by atoms with E-state index in [1.807, 2.05) is 0 Å². The largest absolute Gasteiger partial charge is 0.507 e. The summed E-state index contributed by atoms with van der Waals surface area (Å²) in [4.78, 5) is 15.3. The number of carbonyl (C=O) groups is 1. The minimum absolute atomic E-state index is 0.137. The minimum Gasteiger partial charge on any atom is -0.507 e. The van der Waals surface area contributed by atoms with Gasteiger partial charge in [-0.05, 0) is 36.4 Å². The van der Waals surface area contributed by atoms with Crippen molar-refractivity contribution in [2.24, 2.45) is 10.7 Å². The summed E-state index contributed by atoms with van der Waals surface area (Å²) >= 11 is 3.32. The molecule has 0 fully saturated rings. The SMILES string of the molecule is NC(=O)c1cccc(/N=C/c2cc(Br)ccc2O)c1. The molecule has 0 heterocycles. The van der Waals surface area contributed by atoms with Gasteiger partial charge in [0.15, 0.2) is 0 Å². The molecule has 3 N–H and O–H groups in total. The van der Waals surface area contributed by atoms with Crippen LogP contribution in [0.5, 0.6) is 5.75 Å². The number of benzene rings is 2. The maximum atomic E-state index is 11.1. The predicted octanol–water partition coefficient (Wildman–Crippen LogP) is 3.00. The van der Waals surface area contributed by atoms with Crippen LogP contribution in [0.2, 0.25) is 0 Å². The molecule has 0 aromatic heterocycles. The molecule has 0 atom stereocenters. The summed E-state index contributed by atoms with van der Waals surface area (Å²) in [5.41, 5.74) is 6.77. The third kappa shape index (κ3) is 3.42. The van der Waals surface area contributed by atoms with Gasteiger partial charge in [-0.25, -0.2) is 0 Å². The zero-order chi connectivity index (χ0) is 13.8. The standard InChI is InChI=1S/C14H11BrN2O2/c15-11-4-5-13(18)10(6-11)8-17-12-3-1-2-9(7-12)14(16)19/h1-8,18H,(H2,16,19)/b17-8+. The van der Waals surface area contributed by atoms with Crippen LogP contribution < -0.4 is 5.73 Å². The Hall–Kier alpha value is -2.14. The molecule has 2 aromatic carbocycles. The number of carbonyl (C=O) groups excluding carboxylic acids is 1. The van der Waals surface area contributed by atoms with Crippen molar-refractivity contribution < 1.29 is 9.90 Å². The van der Waals surface area contributed by atoms with Gasteiger partial charge in [0.25, 0.3) is 0 Å². The molecular weight excluding hydrogens is 308 g/mol. The Morgan fingerprint density at radius 3 is 2.79 bits per heavy atom. The van der Waals surface area contributed by atoms with E-state index in [1.165, 1.54) is 6.21 Å². The second-order valence-electron chi connectivity index (χ2n) is 3.88. The van der Waals surface area contributed by atoms with Crippen LogP contribution in [0.3, 0.4) is 0 Å². The van der Waals surface area contributed by atoms with Crippen molar-refractivity contribution in [1.29, 1.82) is 0 Å². The molecule has 19 heavy (non-hydrogen) atoms. The fourth-order valence-electron chi connectivity index (χ4n) is 1.51. The van der Waals surface area contributed by atoms with Crippen LogP contribution >= 0.6 is 15.9 Å². The summed E-state index contributed by atoms with van der Waals surface area (Å²) < 4.78 is 0.845. The van der Waals surface area contributed by atoms with Gasteiger partial charge >= 0.3 is 0 Å². The molecule has 2 aromatic rings. The van der Waals surface area contributed by atoms with Crippen molar-refractivity contribution in [2.75, 3.05) is 0 Å². The molecule has 0 aliphatic carbocycles. The molecule has 0 unspecified atom stereocenters. The van der Waals surface area contributed by atoms with Gasteiger partial charge < -0.3 is 10.8 Å². The summed E-state index contributed by atoms with van der Waals surface area (Å²) in [6.07, 6.45) is 1.53. The number of nitrogens with zero attached hydrogens (tertiary/aromatic N) is 1. The lowest BCUT2D eigenvalue weighted by Gasteiger charge is -2.00. The monoisotopic (exact) mass is 318 g/mol. The summed E-state index contributed by atoms with van der Waals surface area (Å²) in [5.74, 6) is -0.361. The van der Waals surface area contributed by atoms with Gasteiger partial charge in [0, 0.05) is 21.8 Å². The van der Waals surface area contributed by atoms with Crippen LogP contribution in [0.4, 0.5) is 5.69 Å². The molecule has 5 heteroatoms. The maximum Gasteiger partial charge on any atom is 0.248 e. The van der Waals surface area contributed by atoms with Gasteiger partial charge in [-0.1, -0.05) is 22.0 Å². The van der Waals surface area contributed by atoms with E-state index in [2.05, 4.69) is 20.9 Å². The molecule has 0 saturated carbocycles. The zero-order valence-corrected chi connectivity index (χ0v) is 11.5. The lowest BCUT2D eigenvalue weighted by Crippen LogP contribution is -2.10. The van der Waals surface area contributed by atoms with Crippen LogP contribution in [0.1, 0.15) is 15.9 Å². The number of aliphatic imine (C=N–C) groups is 1. The van der Waals surface area contributed by atoms with Crippen LogP contribution in [0, 0.1) is 0 Å². The Bertz CT molecular complexity index is 654. The number of phenols is 1. The second kappa shape index (κ2) is 5.67. The molecule has 96 valence electrons. The first-order chi connectivity index (χ1) is 9.06. The Morgan fingerprint density at radius 1 is 1.26 bits per heavy atom. The Kier molecular flexibility index (Phi) is 3.97. The topological polar surface area (TPSA) is 75.7 Å². The van der Waals surface area contributed by atoms with E-state index in [4.69, 9.17) is 5.73 Å². The fraction of sp³-hybridized carbons (Fsp3) is 0. The van der Waals surface area contributed by atoms with Gasteiger partial charge in [-0.15, -0.1) is 0 Å². The van der Waals surface area contributed by atoms with E-state index in [1.54, 1.807) is 42.5 Å². The number of amides is 1. The number of nitrogens with two attached hydrogens (primary N) is 1. The number of aromatic hydroxyl groups is 1. The van der Waals surface area contributed by atoms with Crippen molar-refractivity contribution >= 4 is 33.7 Å². The smallest absolute Gasteiger partial charge is 0.248 e. The number of primary amides is 1. The Morgan fingerprint density at radius 2 is 2.05 bits per heavy atom. The molecule has 1 amide bonds. The highest BCUT2D eigenvalue weighted by Crippen LogP contribution is 2.21. The van der Waals surface area contributed by atoms with Crippen molar-refractivity contribution in [2.45, 2.75) is 0 Å². The van der Waals surface area contributed by atoms with E-state index in [0.717, 1.165) is 4.47 Å². The minimum atomic E-state index is -0.498. The summed E-state index contributed by atoms with van der Waals surface area (Å²) in [7, 11) is 0. The van der Waals surface area contributed by atoms with Crippen molar-refractivity contribution in [3.63, 3.8) is 0 Å². The van der Waals surface area contributed by atoms with E-state index in [9.17, 15) is 9.90 Å². The summed E-state index contributed by atoms with van der Waals surface area (Å²) in [6.45, 7) is 0. The number of rotatable bonds is 3. The van der Waals surface area contributed by atoms with E-state index < -0.39 is 5.91 Å². The Labute approximate surface area is 118 Å². The Balaban J connectivity index is 2.30. The van der Waals surface area contributed by atoms with Gasteiger partial charge in [0.1, 0.15) is 5.75 Å². The predicted molar refractivity (Wildman–Crippen MR) is 78.0 cm³/mol. The highest BCUT2D eigenvalue weighted by Gasteiger charge is 2.01. The van der Waals surface area contributed by atoms with Gasteiger partial charge in [0.05, 0.1) is 5.69 Å². The molecular formula is C14H11BrN2O2. The maximum absolute atomic E-state index is 11.1. The van der Waals surface area contributed by atoms with E-state index in [0.29, 0.717) is 16.8 Å². The molecule has 0 radical (unpaired) electrons. The average Bonchev–Trinajstić information content (AvgIpc) is 2.40. The van der Waals surface area contributed by atoms with E-state index >= 15 is 0 Å². The normalized spacial score (nSPS) is 10.8. The fourth-order valence-corrected chi connectivity index (χ4v) is 1.89. The lowest BCUT2D eigenvalue weighted by molar-refractivity contribution is 0.100. The first-order valence-electron chi connectivity index (χ1n) is 5.49. The molecule has 0 saturated heterocycles. The molecule has 4 nitrogen and oxygen atoms in total. The van der Waals surface area contributed by atoms with Crippen LogP contribution in [-0.2, 0) is 0 Å².